The minimum absolute atomic E-state index is 0.0506. The van der Waals surface area contributed by atoms with Gasteiger partial charge < -0.3 is 42.5 Å². The van der Waals surface area contributed by atoms with E-state index in [2.05, 4.69) is 33.9 Å². The Kier molecular flexibility index (Phi) is 16.8. The molecule has 66 heavy (non-hydrogen) atoms. The number of anilines is 1. The van der Waals surface area contributed by atoms with Gasteiger partial charge in [-0.25, -0.2) is 14.4 Å². The van der Waals surface area contributed by atoms with Gasteiger partial charge in [-0.1, -0.05) is 52.0 Å². The van der Waals surface area contributed by atoms with Crippen molar-refractivity contribution < 1.29 is 52.0 Å². The lowest BCUT2D eigenvalue weighted by Gasteiger charge is -2.38. The summed E-state index contributed by atoms with van der Waals surface area (Å²) in [5.41, 5.74) is 1.24. The van der Waals surface area contributed by atoms with Crippen LogP contribution in [0.2, 0.25) is 18.1 Å². The number of esters is 1. The zero-order valence-corrected chi connectivity index (χ0v) is 43.8. The number of rotatable bonds is 9. The van der Waals surface area contributed by atoms with Crippen LogP contribution < -0.4 is 14.1 Å². The van der Waals surface area contributed by atoms with Crippen molar-refractivity contribution in [3.63, 3.8) is 0 Å². The molecule has 14 heteroatoms. The molecule has 0 bridgehead atoms. The molecule has 3 aliphatic rings. The first-order chi connectivity index (χ1) is 30.5. The number of piperidine rings is 1. The van der Waals surface area contributed by atoms with Gasteiger partial charge in [-0.05, 0) is 148 Å². The maximum absolute atomic E-state index is 14.8. The molecule has 368 valence electrons. The van der Waals surface area contributed by atoms with Gasteiger partial charge in [0.2, 0.25) is 0 Å². The number of methoxy groups -OCH3 is 1. The smallest absolute Gasteiger partial charge is 0.414 e. The largest absolute Gasteiger partial charge is 0.543 e. The van der Waals surface area contributed by atoms with Crippen LogP contribution in [-0.4, -0.2) is 99.5 Å². The number of carbonyl (C=O) groups is 3. The van der Waals surface area contributed by atoms with Crippen molar-refractivity contribution >= 4 is 32.2 Å². The first kappa shape index (κ1) is 52.9. The van der Waals surface area contributed by atoms with Gasteiger partial charge in [0, 0.05) is 31.6 Å². The molecule has 0 saturated carbocycles. The number of hydrogen-bond donors (Lipinski definition) is 0. The fourth-order valence-electron chi connectivity index (χ4n) is 8.04. The van der Waals surface area contributed by atoms with E-state index in [1.165, 1.54) is 0 Å². The van der Waals surface area contributed by atoms with Crippen molar-refractivity contribution in [2.45, 2.75) is 188 Å². The molecular formula is C52H80N2O11Si. The molecule has 2 aromatic rings. The third-order valence-electron chi connectivity index (χ3n) is 12.9. The van der Waals surface area contributed by atoms with E-state index in [9.17, 15) is 14.4 Å². The molecule has 3 aliphatic heterocycles. The lowest BCUT2D eigenvalue weighted by atomic mass is 9.94. The number of amides is 2. The molecule has 2 aromatic carbocycles. The van der Waals surface area contributed by atoms with Crippen LogP contribution in [0.3, 0.4) is 0 Å². The minimum atomic E-state index is -2.59. The molecule has 13 nitrogen and oxygen atoms in total. The normalized spacial score (nSPS) is 23.5. The van der Waals surface area contributed by atoms with Gasteiger partial charge in [-0.2, -0.15) is 0 Å². The molecule has 3 heterocycles. The van der Waals surface area contributed by atoms with Crippen molar-refractivity contribution in [1.82, 2.24) is 4.90 Å². The van der Waals surface area contributed by atoms with Crippen LogP contribution in [0.1, 0.15) is 137 Å². The highest BCUT2D eigenvalue weighted by Gasteiger charge is 2.45. The summed E-state index contributed by atoms with van der Waals surface area (Å²) < 4.78 is 50.5. The van der Waals surface area contributed by atoms with E-state index in [-0.39, 0.29) is 29.1 Å². The van der Waals surface area contributed by atoms with E-state index in [1.807, 2.05) is 118 Å². The third kappa shape index (κ3) is 14.4. The molecular weight excluding hydrogens is 857 g/mol. The van der Waals surface area contributed by atoms with Crippen molar-refractivity contribution in [2.75, 3.05) is 31.6 Å². The van der Waals surface area contributed by atoms with Gasteiger partial charge in [0.15, 0.2) is 5.79 Å². The summed E-state index contributed by atoms with van der Waals surface area (Å²) >= 11 is 0. The van der Waals surface area contributed by atoms with Gasteiger partial charge in [0.1, 0.15) is 46.6 Å². The highest BCUT2D eigenvalue weighted by atomic mass is 28.4. The number of nitrogens with zero attached hydrogens (tertiary/aromatic N) is 2. The average molecular weight is 937 g/mol. The second kappa shape index (κ2) is 21.0. The second-order valence-corrected chi connectivity index (χ2v) is 27.1. The average Bonchev–Trinajstić information content (AvgIpc) is 3.51. The van der Waals surface area contributed by atoms with Crippen LogP contribution in [0, 0.1) is 11.8 Å². The van der Waals surface area contributed by atoms with Crippen LogP contribution >= 0.6 is 0 Å². The van der Waals surface area contributed by atoms with Crippen molar-refractivity contribution in [1.29, 1.82) is 0 Å². The van der Waals surface area contributed by atoms with Crippen LogP contribution in [0.15, 0.2) is 48.6 Å². The van der Waals surface area contributed by atoms with E-state index in [0.717, 1.165) is 11.3 Å². The van der Waals surface area contributed by atoms with E-state index in [0.29, 0.717) is 80.9 Å². The van der Waals surface area contributed by atoms with Gasteiger partial charge in [-0.3, -0.25) is 4.90 Å². The second-order valence-electron chi connectivity index (χ2n) is 22.4. The van der Waals surface area contributed by atoms with E-state index in [4.69, 9.17) is 37.6 Å². The lowest BCUT2D eigenvalue weighted by Crippen LogP contribution is -2.46. The fourth-order valence-corrected chi connectivity index (χ4v) is 9.06. The summed E-state index contributed by atoms with van der Waals surface area (Å²) in [7, 11) is -0.945. The Bertz CT molecular complexity index is 2010. The fraction of sp³-hybridized carbons (Fsp3) is 0.673. The van der Waals surface area contributed by atoms with Gasteiger partial charge >= 0.3 is 18.2 Å². The van der Waals surface area contributed by atoms with Crippen molar-refractivity contribution in [3.8, 4) is 11.5 Å². The Morgan fingerprint density at radius 2 is 1.52 bits per heavy atom. The summed E-state index contributed by atoms with van der Waals surface area (Å²) in [6.07, 6.45) is 4.46. The van der Waals surface area contributed by atoms with E-state index < -0.39 is 55.7 Å². The molecule has 5 rings (SSSR count). The molecule has 0 spiro atoms. The minimum Gasteiger partial charge on any atom is -0.543 e. The van der Waals surface area contributed by atoms with E-state index in [1.54, 1.807) is 16.9 Å². The molecule has 2 amide bonds. The van der Waals surface area contributed by atoms with Crippen LogP contribution in [0.4, 0.5) is 15.3 Å². The highest BCUT2D eigenvalue weighted by molar-refractivity contribution is 6.74. The highest BCUT2D eigenvalue weighted by Crippen LogP contribution is 2.42. The third-order valence-corrected chi connectivity index (χ3v) is 17.2. The molecule has 0 N–H and O–H groups in total. The molecule has 0 aliphatic carbocycles. The van der Waals surface area contributed by atoms with Gasteiger partial charge in [0.05, 0.1) is 25.5 Å². The standard InChI is InChI=1S/C52H80N2O11Si/c1-34-20-25-41(59-33-37-21-23-40(58-14)24-22-37)45-42(61-52(12,13)62-45)19-17-18-38-30-39(31-43(44(38)46(55)60-35(34)2)65-66(15,16)51(9,10)11)54(48(57)64-50(6,7)8)32-36-26-28-53(29-27-36)47(56)63-49(3,4)5/h20-25,30-31,34-36,41-42,45H,17-19,26-29,32-33H2,1-16H3/t34-,35+,41-,42+,45-/m1/s1. The molecule has 2 fully saturated rings. The Labute approximate surface area is 396 Å². The maximum Gasteiger partial charge on any atom is 0.414 e. The lowest BCUT2D eigenvalue weighted by molar-refractivity contribution is -0.156. The van der Waals surface area contributed by atoms with Crippen LogP contribution in [-0.2, 0) is 41.4 Å². The number of ether oxygens (including phenoxy) is 7. The molecule has 0 aromatic heterocycles. The Balaban J connectivity index is 1.56. The Morgan fingerprint density at radius 1 is 0.879 bits per heavy atom. The van der Waals surface area contributed by atoms with Crippen LogP contribution in [0.5, 0.6) is 11.5 Å². The van der Waals surface area contributed by atoms with Crippen molar-refractivity contribution in [2.24, 2.45) is 11.8 Å². The maximum atomic E-state index is 14.8. The van der Waals surface area contributed by atoms with E-state index >= 15 is 0 Å². The number of benzene rings is 2. The first-order valence-corrected chi connectivity index (χ1v) is 26.8. The van der Waals surface area contributed by atoms with Crippen molar-refractivity contribution in [3.05, 3.63) is 65.2 Å². The quantitative estimate of drug-likeness (QED) is 0.103. The first-order valence-electron chi connectivity index (χ1n) is 23.9. The number of likely N-dealkylation sites (tertiary alicyclic amines) is 1. The summed E-state index contributed by atoms with van der Waals surface area (Å²) in [5.74, 6) is -0.334. The number of hydrogen-bond acceptors (Lipinski definition) is 11. The zero-order chi connectivity index (χ0) is 49.0. The Morgan fingerprint density at radius 3 is 2.11 bits per heavy atom. The number of cyclic esters (lactones) is 1. The summed E-state index contributed by atoms with van der Waals surface area (Å²) in [4.78, 5) is 45.6. The monoisotopic (exact) mass is 937 g/mol. The number of carbonyl (C=O) groups excluding carboxylic acids is 3. The SMILES string of the molecule is COc1ccc(CO[C@@H]2C=C[C@@H](C)[C@H](C)OC(=O)c3c(cc(N(CC4CCN(C(=O)OC(C)(C)C)CC4)C(=O)OC(C)(C)C)cc3O[Si](C)(C)C(C)(C)C)CCC[C@@H]3OC(C)(C)O[C@@H]32)cc1. The summed E-state index contributed by atoms with van der Waals surface area (Å²) in [6.45, 7) is 31.3. The Hall–Kier alpha value is -4.11. The van der Waals surface area contributed by atoms with Crippen LogP contribution in [0.25, 0.3) is 0 Å². The molecule has 0 radical (unpaired) electrons. The molecule has 0 unspecified atom stereocenters. The number of aryl methyl sites for hydroxylation is 1. The topological polar surface area (TPSA) is 132 Å². The number of fused-ring (bicyclic) bond motifs is 2. The predicted octanol–water partition coefficient (Wildman–Crippen LogP) is 11.6. The molecule has 5 atom stereocenters. The predicted molar refractivity (Wildman–Crippen MR) is 260 cm³/mol. The summed E-state index contributed by atoms with van der Waals surface area (Å²) in [6, 6.07) is 11.6. The molecule has 2 saturated heterocycles. The summed E-state index contributed by atoms with van der Waals surface area (Å²) in [5, 5.41) is -0.214. The van der Waals surface area contributed by atoms with Gasteiger partial charge in [-0.15, -0.1) is 0 Å². The zero-order valence-electron chi connectivity index (χ0n) is 42.8. The van der Waals surface area contributed by atoms with Gasteiger partial charge in [0.25, 0.3) is 8.32 Å².